The van der Waals surface area contributed by atoms with Gasteiger partial charge < -0.3 is 10.2 Å². The molecule has 2 heterocycles. The number of carbonyl (C=O) groups excluding carboxylic acids is 2. The molecule has 0 aromatic carbocycles. The number of aromatic nitrogens is 1. The molecule has 0 saturated carbocycles. The highest BCUT2D eigenvalue weighted by molar-refractivity contribution is 7.15. The zero-order valence-corrected chi connectivity index (χ0v) is 14.5. The van der Waals surface area contributed by atoms with Gasteiger partial charge in [-0.3, -0.25) is 10.1 Å². The second kappa shape index (κ2) is 6.86. The monoisotopic (exact) mass is 336 g/mol. The summed E-state index contributed by atoms with van der Waals surface area (Å²) in [5, 5.41) is 6.39. The zero-order chi connectivity index (χ0) is 16.4. The van der Waals surface area contributed by atoms with Crippen molar-refractivity contribution in [1.82, 2.24) is 15.2 Å². The summed E-state index contributed by atoms with van der Waals surface area (Å²) in [7, 11) is 0. The molecule has 1 aromatic rings. The van der Waals surface area contributed by atoms with Gasteiger partial charge in [0.15, 0.2) is 5.13 Å². The molecule has 2 atom stereocenters. The predicted molar refractivity (Wildman–Crippen MR) is 90.7 cm³/mol. The van der Waals surface area contributed by atoms with E-state index in [1.165, 1.54) is 11.3 Å². The molecule has 1 aliphatic carbocycles. The van der Waals surface area contributed by atoms with Crippen LogP contribution >= 0.6 is 11.3 Å². The maximum atomic E-state index is 12.1. The third kappa shape index (κ3) is 4.02. The molecule has 2 aliphatic rings. The normalized spacial score (nSPS) is 21.9. The molecular weight excluding hydrogens is 312 g/mol. The largest absolute Gasteiger partial charge is 0.341 e. The number of nitrogens with zero attached hydrogens (tertiary/aromatic N) is 2. The highest BCUT2D eigenvalue weighted by atomic mass is 32.1. The average molecular weight is 336 g/mol. The number of aryl methyl sites for hydroxylation is 1. The van der Waals surface area contributed by atoms with Crippen molar-refractivity contribution >= 4 is 28.4 Å². The van der Waals surface area contributed by atoms with Gasteiger partial charge in [-0.05, 0) is 38.5 Å². The Balaban J connectivity index is 1.50. The fourth-order valence-electron chi connectivity index (χ4n) is 3.22. The van der Waals surface area contributed by atoms with Gasteiger partial charge >= 0.3 is 6.03 Å². The summed E-state index contributed by atoms with van der Waals surface area (Å²) in [6.45, 7) is 5.53. The first-order chi connectivity index (χ1) is 11.0. The van der Waals surface area contributed by atoms with E-state index in [1.807, 2.05) is 11.8 Å². The second-order valence-electron chi connectivity index (χ2n) is 6.68. The van der Waals surface area contributed by atoms with Crippen molar-refractivity contribution in [2.45, 2.75) is 52.0 Å². The average Bonchev–Trinajstić information content (AvgIpc) is 3.04. The quantitative estimate of drug-likeness (QED) is 0.886. The van der Waals surface area contributed by atoms with Crippen molar-refractivity contribution in [1.29, 1.82) is 0 Å². The van der Waals surface area contributed by atoms with E-state index in [2.05, 4.69) is 22.5 Å². The lowest BCUT2D eigenvalue weighted by Crippen LogP contribution is -2.44. The van der Waals surface area contributed by atoms with E-state index in [0.29, 0.717) is 24.0 Å². The molecule has 1 aliphatic heterocycles. The van der Waals surface area contributed by atoms with Gasteiger partial charge in [0.2, 0.25) is 5.91 Å². The number of nitrogens with one attached hydrogen (secondary N) is 2. The van der Waals surface area contributed by atoms with Crippen molar-refractivity contribution in [2.75, 3.05) is 18.4 Å². The summed E-state index contributed by atoms with van der Waals surface area (Å²) in [4.78, 5) is 31.4. The maximum absolute atomic E-state index is 12.1. The Morgan fingerprint density at radius 1 is 1.48 bits per heavy atom. The van der Waals surface area contributed by atoms with Crippen molar-refractivity contribution in [3.63, 3.8) is 0 Å². The minimum Gasteiger partial charge on any atom is -0.341 e. The molecule has 0 radical (unpaired) electrons. The Kier molecular flexibility index (Phi) is 4.84. The Bertz CT molecular complexity index is 601. The minimum atomic E-state index is -0.247. The fourth-order valence-corrected chi connectivity index (χ4v) is 4.39. The first-order valence-electron chi connectivity index (χ1n) is 8.35. The highest BCUT2D eigenvalue weighted by Crippen LogP contribution is 2.31. The Hall–Kier alpha value is -1.63. The summed E-state index contributed by atoms with van der Waals surface area (Å²) in [5.74, 6) is 0.878. The van der Waals surface area contributed by atoms with Crippen molar-refractivity contribution in [3.05, 3.63) is 10.6 Å². The number of hydrogen-bond donors (Lipinski definition) is 2. The van der Waals surface area contributed by atoms with Gasteiger partial charge in [-0.2, -0.15) is 0 Å². The third-order valence-corrected chi connectivity index (χ3v) is 5.49. The molecule has 0 bridgehead atoms. The van der Waals surface area contributed by atoms with Gasteiger partial charge in [0.1, 0.15) is 0 Å². The van der Waals surface area contributed by atoms with Gasteiger partial charge in [-0.15, -0.1) is 11.3 Å². The standard InChI is InChI=1S/C16H24N4O2S/c1-10-5-6-12-13(8-10)23-16(18-12)19-15(22)17-11(2)9-20-7-3-4-14(20)21/h10-11H,3-9H2,1-2H3,(H2,17,18,19,22)/t10-,11-/m0/s1. The molecule has 3 amide bonds. The van der Waals surface area contributed by atoms with E-state index in [9.17, 15) is 9.59 Å². The van der Waals surface area contributed by atoms with Crippen LogP contribution in [0.3, 0.4) is 0 Å². The molecule has 6 nitrogen and oxygen atoms in total. The van der Waals surface area contributed by atoms with E-state index in [1.54, 1.807) is 11.3 Å². The molecule has 1 saturated heterocycles. The number of hydrogen-bond acceptors (Lipinski definition) is 4. The van der Waals surface area contributed by atoms with Crippen LogP contribution in [-0.4, -0.2) is 41.0 Å². The SMILES string of the molecule is C[C@H]1CCc2nc(NC(=O)N[C@@H](C)CN3CCCC3=O)sc2C1. The number of fused-ring (bicyclic) bond motifs is 1. The molecule has 0 unspecified atom stereocenters. The van der Waals surface area contributed by atoms with E-state index >= 15 is 0 Å². The second-order valence-corrected chi connectivity index (χ2v) is 7.76. The van der Waals surface area contributed by atoms with Crippen LogP contribution in [0.1, 0.15) is 43.7 Å². The van der Waals surface area contributed by atoms with Crippen molar-refractivity contribution in [3.8, 4) is 0 Å². The van der Waals surface area contributed by atoms with Gasteiger partial charge in [0.05, 0.1) is 5.69 Å². The van der Waals surface area contributed by atoms with Crippen LogP contribution in [0.4, 0.5) is 9.93 Å². The first kappa shape index (κ1) is 16.2. The number of likely N-dealkylation sites (tertiary alicyclic amines) is 1. The van der Waals surface area contributed by atoms with Crippen LogP contribution in [0.2, 0.25) is 0 Å². The summed E-state index contributed by atoms with van der Waals surface area (Å²) in [6, 6.07) is -0.324. The minimum absolute atomic E-state index is 0.0772. The highest BCUT2D eigenvalue weighted by Gasteiger charge is 2.23. The van der Waals surface area contributed by atoms with Crippen LogP contribution < -0.4 is 10.6 Å². The molecule has 126 valence electrons. The lowest BCUT2D eigenvalue weighted by atomic mass is 9.93. The zero-order valence-electron chi connectivity index (χ0n) is 13.7. The van der Waals surface area contributed by atoms with Crippen LogP contribution in [0.5, 0.6) is 0 Å². The molecular formula is C16H24N4O2S. The first-order valence-corrected chi connectivity index (χ1v) is 9.17. The number of thiazole rings is 1. The molecule has 3 rings (SSSR count). The number of anilines is 1. The predicted octanol–water partition coefficient (Wildman–Crippen LogP) is 2.40. The maximum Gasteiger partial charge on any atom is 0.321 e. The number of amides is 3. The summed E-state index contributed by atoms with van der Waals surface area (Å²) >= 11 is 1.58. The molecule has 23 heavy (non-hydrogen) atoms. The van der Waals surface area contributed by atoms with E-state index in [4.69, 9.17) is 0 Å². The molecule has 1 aromatic heterocycles. The van der Waals surface area contributed by atoms with Crippen LogP contribution in [0, 0.1) is 5.92 Å². The smallest absolute Gasteiger partial charge is 0.321 e. The Labute approximate surface area is 140 Å². The molecule has 0 spiro atoms. The van der Waals surface area contributed by atoms with E-state index in [-0.39, 0.29) is 18.0 Å². The lowest BCUT2D eigenvalue weighted by molar-refractivity contribution is -0.127. The van der Waals surface area contributed by atoms with E-state index < -0.39 is 0 Å². The lowest BCUT2D eigenvalue weighted by Gasteiger charge is -2.21. The molecule has 1 fully saturated rings. The van der Waals surface area contributed by atoms with Gasteiger partial charge in [-0.25, -0.2) is 9.78 Å². The van der Waals surface area contributed by atoms with Gasteiger partial charge in [0.25, 0.3) is 0 Å². The number of urea groups is 1. The van der Waals surface area contributed by atoms with E-state index in [0.717, 1.165) is 31.5 Å². The summed E-state index contributed by atoms with van der Waals surface area (Å²) in [6.07, 6.45) is 4.78. The van der Waals surface area contributed by atoms with Crippen LogP contribution in [-0.2, 0) is 17.6 Å². The third-order valence-electron chi connectivity index (χ3n) is 4.45. The van der Waals surface area contributed by atoms with Crippen LogP contribution in [0.25, 0.3) is 0 Å². The summed E-state index contributed by atoms with van der Waals surface area (Å²) < 4.78 is 0. The molecule has 2 N–H and O–H groups in total. The van der Waals surface area contributed by atoms with Crippen molar-refractivity contribution < 1.29 is 9.59 Å². The van der Waals surface area contributed by atoms with Gasteiger partial charge in [0, 0.05) is 30.4 Å². The Morgan fingerprint density at radius 3 is 3.04 bits per heavy atom. The van der Waals surface area contributed by atoms with Crippen LogP contribution in [0.15, 0.2) is 0 Å². The Morgan fingerprint density at radius 2 is 2.30 bits per heavy atom. The molecule has 7 heteroatoms. The topological polar surface area (TPSA) is 74.3 Å². The number of rotatable bonds is 4. The van der Waals surface area contributed by atoms with Gasteiger partial charge in [-0.1, -0.05) is 6.92 Å². The fraction of sp³-hybridized carbons (Fsp3) is 0.688. The number of carbonyl (C=O) groups is 2. The van der Waals surface area contributed by atoms with Crippen molar-refractivity contribution in [2.24, 2.45) is 5.92 Å². The summed E-state index contributed by atoms with van der Waals surface area (Å²) in [5.41, 5.74) is 1.14.